The minimum atomic E-state index is -0.915. The maximum atomic E-state index is 15.0. The van der Waals surface area contributed by atoms with E-state index in [-0.39, 0.29) is 75.3 Å². The van der Waals surface area contributed by atoms with E-state index >= 15 is 4.39 Å². The number of nitrogens with two attached hydrogens (primary N) is 1. The molecule has 47 heavy (non-hydrogen) atoms. The second-order valence-corrected chi connectivity index (χ2v) is 12.6. The number of benzene rings is 1. The standard InChI is InChI=1S/C31H32ClFN8O6/c1-14-9-38(3)10-15(2)41(14)21-8-19(24(32)28(33)36-21)35-22(42)12-39-11-18(23-30(39)37-20-5-4-6-40(20)31(23)45)16-7-17(29(34)44)25(43)27-26(16)46-13-47-27/h7-8,11,14-15,43H,4-6,9-10,12-13H2,1-3H3,(H2,34,44)(H,35,36,42)/t14-,15+. The van der Waals surface area contributed by atoms with Gasteiger partial charge in [-0.3, -0.25) is 19.0 Å². The normalized spacial score (nSPS) is 19.0. The van der Waals surface area contributed by atoms with Crippen molar-refractivity contribution in [3.63, 3.8) is 0 Å². The van der Waals surface area contributed by atoms with Crippen molar-refractivity contribution < 1.29 is 28.6 Å². The van der Waals surface area contributed by atoms with Gasteiger partial charge in [0, 0.05) is 61.5 Å². The van der Waals surface area contributed by atoms with Gasteiger partial charge in [-0.05, 0) is 33.4 Å². The van der Waals surface area contributed by atoms with Gasteiger partial charge in [0.25, 0.3) is 11.5 Å². The lowest BCUT2D eigenvalue weighted by atomic mass is 10.00. The number of primary amides is 1. The second-order valence-electron chi connectivity index (χ2n) is 12.2. The van der Waals surface area contributed by atoms with Crippen LogP contribution in [0.5, 0.6) is 17.2 Å². The number of amides is 2. The third-order valence-corrected chi connectivity index (χ3v) is 9.23. The topological polar surface area (TPSA) is 170 Å². The lowest BCUT2D eigenvalue weighted by Gasteiger charge is -2.44. The maximum Gasteiger partial charge on any atom is 0.263 e. The zero-order chi connectivity index (χ0) is 33.3. The third kappa shape index (κ3) is 5.09. The minimum Gasteiger partial charge on any atom is -0.504 e. The number of nitrogens with one attached hydrogen (secondary N) is 1. The Bertz CT molecular complexity index is 2040. The molecule has 246 valence electrons. The highest BCUT2D eigenvalue weighted by molar-refractivity contribution is 6.33. The molecule has 0 saturated carbocycles. The van der Waals surface area contributed by atoms with Crippen LogP contribution < -0.4 is 31.0 Å². The summed E-state index contributed by atoms with van der Waals surface area (Å²) in [7, 11) is 2.02. The molecular weight excluding hydrogens is 635 g/mol. The molecule has 1 aromatic carbocycles. The number of pyridine rings is 1. The van der Waals surface area contributed by atoms with Crippen molar-refractivity contribution in [1.82, 2.24) is 24.0 Å². The molecule has 4 aromatic rings. The van der Waals surface area contributed by atoms with Crippen molar-refractivity contribution in [3.05, 3.63) is 51.0 Å². The maximum absolute atomic E-state index is 15.0. The number of carbonyl (C=O) groups is 2. The molecular formula is C31H32ClFN8O6. The van der Waals surface area contributed by atoms with E-state index < -0.39 is 23.5 Å². The van der Waals surface area contributed by atoms with Crippen molar-refractivity contribution >= 4 is 46.0 Å². The first-order chi connectivity index (χ1) is 22.4. The molecule has 0 bridgehead atoms. The zero-order valence-electron chi connectivity index (χ0n) is 25.8. The monoisotopic (exact) mass is 666 g/mol. The highest BCUT2D eigenvalue weighted by atomic mass is 35.5. The van der Waals surface area contributed by atoms with Crippen molar-refractivity contribution in [1.29, 1.82) is 0 Å². The SMILES string of the molecule is C[C@@H]1CN(C)C[C@H](C)N1c1cc(NC(=O)Cn2cc(-c3cc(C(N)=O)c(O)c4c3OCO4)c3c(=O)n4c(nc32)CCC4)c(Cl)c(F)n1. The quantitative estimate of drug-likeness (QED) is 0.260. The Kier molecular flexibility index (Phi) is 7.47. The van der Waals surface area contributed by atoms with Crippen molar-refractivity contribution in [2.24, 2.45) is 5.73 Å². The van der Waals surface area contributed by atoms with Gasteiger partial charge in [-0.25, -0.2) is 9.97 Å². The van der Waals surface area contributed by atoms with Crippen molar-refractivity contribution in [2.75, 3.05) is 37.1 Å². The number of phenols is 1. The molecule has 16 heteroatoms. The number of carbonyl (C=O) groups excluding carboxylic acids is 2. The number of ether oxygens (including phenoxy) is 2. The fourth-order valence-corrected chi connectivity index (χ4v) is 7.13. The van der Waals surface area contributed by atoms with Crippen LogP contribution in [0.4, 0.5) is 15.9 Å². The fourth-order valence-electron chi connectivity index (χ4n) is 6.99. The van der Waals surface area contributed by atoms with E-state index in [4.69, 9.17) is 31.8 Å². The summed E-state index contributed by atoms with van der Waals surface area (Å²) in [6, 6.07) is 2.94. The lowest BCUT2D eigenvalue weighted by molar-refractivity contribution is -0.116. The van der Waals surface area contributed by atoms with Crippen LogP contribution in [-0.2, 0) is 24.3 Å². The fraction of sp³-hybridized carbons (Fsp3) is 0.387. The molecule has 4 N–H and O–H groups in total. The predicted octanol–water partition coefficient (Wildman–Crippen LogP) is 2.70. The zero-order valence-corrected chi connectivity index (χ0v) is 26.6. The second kappa shape index (κ2) is 11.4. The number of fused-ring (bicyclic) bond motifs is 3. The number of anilines is 2. The van der Waals surface area contributed by atoms with Crippen LogP contribution in [0, 0.1) is 5.95 Å². The molecule has 2 atom stereocenters. The van der Waals surface area contributed by atoms with E-state index in [0.29, 0.717) is 30.2 Å². The Morgan fingerprint density at radius 2 is 1.87 bits per heavy atom. The average molecular weight is 667 g/mol. The molecule has 3 aromatic heterocycles. The van der Waals surface area contributed by atoms with Gasteiger partial charge in [-0.2, -0.15) is 4.39 Å². The number of piperazine rings is 1. The molecule has 7 rings (SSSR count). The first-order valence-electron chi connectivity index (χ1n) is 15.1. The summed E-state index contributed by atoms with van der Waals surface area (Å²) in [4.78, 5) is 52.7. The van der Waals surface area contributed by atoms with Crippen molar-refractivity contribution in [2.45, 2.75) is 51.9 Å². The van der Waals surface area contributed by atoms with Gasteiger partial charge in [-0.15, -0.1) is 0 Å². The Morgan fingerprint density at radius 1 is 1.15 bits per heavy atom. The number of halogens is 2. The number of aromatic hydroxyl groups is 1. The molecule has 2 amide bonds. The summed E-state index contributed by atoms with van der Waals surface area (Å²) in [5.41, 5.74) is 5.80. The van der Waals surface area contributed by atoms with Crippen LogP contribution >= 0.6 is 11.6 Å². The summed E-state index contributed by atoms with van der Waals surface area (Å²) in [5, 5.41) is 13.2. The number of likely N-dealkylation sites (N-methyl/N-ethyl adjacent to an activating group) is 1. The Morgan fingerprint density at radius 3 is 2.60 bits per heavy atom. The van der Waals surface area contributed by atoms with E-state index in [0.717, 1.165) is 19.5 Å². The minimum absolute atomic E-state index is 0.0304. The summed E-state index contributed by atoms with van der Waals surface area (Å²) < 4.78 is 29.2. The molecule has 0 unspecified atom stereocenters. The van der Waals surface area contributed by atoms with Crippen LogP contribution in [0.1, 0.15) is 36.5 Å². The third-order valence-electron chi connectivity index (χ3n) is 8.87. The first-order valence-corrected chi connectivity index (χ1v) is 15.5. The summed E-state index contributed by atoms with van der Waals surface area (Å²) in [6.07, 6.45) is 2.84. The van der Waals surface area contributed by atoms with E-state index in [2.05, 4.69) is 15.2 Å². The summed E-state index contributed by atoms with van der Waals surface area (Å²) >= 11 is 6.29. The highest BCUT2D eigenvalue weighted by Crippen LogP contribution is 2.50. The average Bonchev–Trinajstić information content (AvgIpc) is 3.75. The summed E-state index contributed by atoms with van der Waals surface area (Å²) in [6.45, 7) is 5.45. The molecule has 14 nitrogen and oxygen atoms in total. The molecule has 6 heterocycles. The van der Waals surface area contributed by atoms with Gasteiger partial charge in [-0.1, -0.05) is 11.6 Å². The molecule has 1 fully saturated rings. The number of hydrogen-bond acceptors (Lipinski definition) is 10. The van der Waals surface area contributed by atoms with Gasteiger partial charge >= 0.3 is 0 Å². The first kappa shape index (κ1) is 30.7. The lowest BCUT2D eigenvalue weighted by Crippen LogP contribution is -2.56. The van der Waals surface area contributed by atoms with E-state index in [1.165, 1.54) is 10.6 Å². The Hall–Kier alpha value is -4.89. The Balaban J connectivity index is 1.29. The van der Waals surface area contributed by atoms with Crippen LogP contribution in [0.15, 0.2) is 23.1 Å². The van der Waals surface area contributed by atoms with Crippen LogP contribution in [-0.4, -0.2) is 79.9 Å². The summed E-state index contributed by atoms with van der Waals surface area (Å²) in [5.74, 6) is -1.93. The number of nitrogens with zero attached hydrogens (tertiary/aromatic N) is 6. The van der Waals surface area contributed by atoms with Crippen LogP contribution in [0.25, 0.3) is 22.2 Å². The smallest absolute Gasteiger partial charge is 0.263 e. The molecule has 1 saturated heterocycles. The van der Waals surface area contributed by atoms with Gasteiger partial charge in [0.2, 0.25) is 24.4 Å². The molecule has 0 aliphatic carbocycles. The van der Waals surface area contributed by atoms with E-state index in [9.17, 15) is 19.5 Å². The number of rotatable bonds is 6. The van der Waals surface area contributed by atoms with Gasteiger partial charge in [0.05, 0.1) is 16.6 Å². The van der Waals surface area contributed by atoms with Gasteiger partial charge < -0.3 is 40.0 Å². The predicted molar refractivity (Wildman–Crippen MR) is 171 cm³/mol. The number of aromatic nitrogens is 4. The van der Waals surface area contributed by atoms with E-state index in [1.807, 2.05) is 25.8 Å². The molecule has 0 spiro atoms. The van der Waals surface area contributed by atoms with Crippen LogP contribution in [0.2, 0.25) is 5.02 Å². The molecule has 3 aliphatic heterocycles. The van der Waals surface area contributed by atoms with E-state index in [1.54, 1.807) is 16.8 Å². The number of hydrogen-bond donors (Lipinski definition) is 3. The molecule has 0 radical (unpaired) electrons. The van der Waals surface area contributed by atoms with Gasteiger partial charge in [0.15, 0.2) is 11.5 Å². The molecule has 3 aliphatic rings. The highest BCUT2D eigenvalue weighted by Gasteiger charge is 2.32. The van der Waals surface area contributed by atoms with Crippen LogP contribution in [0.3, 0.4) is 0 Å². The largest absolute Gasteiger partial charge is 0.504 e. The number of aryl methyl sites for hydroxylation is 1. The van der Waals surface area contributed by atoms with Gasteiger partial charge in [0.1, 0.15) is 28.9 Å². The van der Waals surface area contributed by atoms with Crippen molar-refractivity contribution in [3.8, 4) is 28.4 Å². The Labute approximate surface area is 272 Å².